The van der Waals surface area contributed by atoms with Crippen LogP contribution >= 0.6 is 0 Å². The van der Waals surface area contributed by atoms with Crippen LogP contribution in [0.5, 0.6) is 0 Å². The molecule has 0 saturated carbocycles. The topological polar surface area (TPSA) is 75.3 Å². The van der Waals surface area contributed by atoms with E-state index in [4.69, 9.17) is 0 Å². The largest absolute Gasteiger partial charge is 0.352 e. The lowest BCUT2D eigenvalue weighted by atomic mass is 10.1. The van der Waals surface area contributed by atoms with Crippen LogP contribution in [0, 0.1) is 0 Å². The lowest BCUT2D eigenvalue weighted by molar-refractivity contribution is 0.0953. The summed E-state index contributed by atoms with van der Waals surface area (Å²) in [5, 5.41) is 4.01. The van der Waals surface area contributed by atoms with Gasteiger partial charge in [-0.05, 0) is 54.3 Å². The zero-order valence-electron chi connectivity index (χ0n) is 16.5. The van der Waals surface area contributed by atoms with E-state index in [1.807, 2.05) is 48.5 Å². The van der Waals surface area contributed by atoms with Crippen LogP contribution in [0.25, 0.3) is 6.08 Å². The molecule has 0 aliphatic rings. The third kappa shape index (κ3) is 6.90. The number of hydrogen-bond acceptors (Lipinski definition) is 3. The van der Waals surface area contributed by atoms with E-state index < -0.39 is 10.0 Å². The molecule has 5 nitrogen and oxygen atoms in total. The van der Waals surface area contributed by atoms with Gasteiger partial charge in [-0.3, -0.25) is 9.52 Å². The molecule has 0 aliphatic heterocycles. The second-order valence-corrected chi connectivity index (χ2v) is 8.35. The van der Waals surface area contributed by atoms with Crippen LogP contribution in [0.3, 0.4) is 0 Å². The monoisotopic (exact) mass is 420 g/mol. The minimum Gasteiger partial charge on any atom is -0.352 e. The summed E-state index contributed by atoms with van der Waals surface area (Å²) < 4.78 is 26.9. The number of amides is 1. The first-order valence-electron chi connectivity index (χ1n) is 9.70. The first kappa shape index (κ1) is 21.3. The predicted molar refractivity (Wildman–Crippen MR) is 122 cm³/mol. The number of anilines is 1. The van der Waals surface area contributed by atoms with E-state index in [-0.39, 0.29) is 5.91 Å². The van der Waals surface area contributed by atoms with E-state index in [1.54, 1.807) is 24.3 Å². The number of hydrogen-bond donors (Lipinski definition) is 2. The fourth-order valence-electron chi connectivity index (χ4n) is 2.86. The van der Waals surface area contributed by atoms with Crippen molar-refractivity contribution < 1.29 is 13.2 Å². The summed E-state index contributed by atoms with van der Waals surface area (Å²) >= 11 is 0. The molecule has 30 heavy (non-hydrogen) atoms. The molecule has 3 rings (SSSR count). The van der Waals surface area contributed by atoms with Crippen LogP contribution in [-0.2, 0) is 16.4 Å². The Hall–Kier alpha value is -3.38. The lowest BCUT2D eigenvalue weighted by Gasteiger charge is -2.08. The zero-order chi connectivity index (χ0) is 21.2. The van der Waals surface area contributed by atoms with Gasteiger partial charge in [0.25, 0.3) is 15.9 Å². The summed E-state index contributed by atoms with van der Waals surface area (Å²) in [6, 6.07) is 25.7. The van der Waals surface area contributed by atoms with Crippen molar-refractivity contribution in [2.45, 2.75) is 12.8 Å². The van der Waals surface area contributed by atoms with Gasteiger partial charge in [-0.1, -0.05) is 60.7 Å². The summed E-state index contributed by atoms with van der Waals surface area (Å²) in [6.07, 6.45) is 3.28. The number of nitrogens with one attached hydrogen (secondary N) is 2. The van der Waals surface area contributed by atoms with Crippen LogP contribution in [-0.4, -0.2) is 20.9 Å². The van der Waals surface area contributed by atoms with Crippen molar-refractivity contribution in [1.29, 1.82) is 0 Å². The molecule has 0 unspecified atom stereocenters. The van der Waals surface area contributed by atoms with E-state index in [1.165, 1.54) is 11.6 Å². The van der Waals surface area contributed by atoms with Crippen molar-refractivity contribution in [2.75, 3.05) is 11.3 Å². The average molecular weight is 421 g/mol. The number of sulfonamides is 1. The molecule has 2 N–H and O–H groups in total. The molecule has 3 aromatic carbocycles. The van der Waals surface area contributed by atoms with Gasteiger partial charge in [-0.2, -0.15) is 0 Å². The van der Waals surface area contributed by atoms with E-state index >= 15 is 0 Å². The minimum atomic E-state index is -3.64. The van der Waals surface area contributed by atoms with Gasteiger partial charge in [0.1, 0.15) is 0 Å². The molecule has 0 radical (unpaired) electrons. The Bertz CT molecular complexity index is 1080. The molecule has 0 atom stereocenters. The Morgan fingerprint density at radius 3 is 2.13 bits per heavy atom. The maximum atomic E-state index is 12.3. The van der Waals surface area contributed by atoms with Crippen molar-refractivity contribution in [2.24, 2.45) is 0 Å². The smallest absolute Gasteiger partial charge is 0.255 e. The molecule has 0 spiro atoms. The van der Waals surface area contributed by atoms with E-state index in [9.17, 15) is 13.2 Å². The van der Waals surface area contributed by atoms with Gasteiger partial charge < -0.3 is 5.32 Å². The number of aryl methyl sites for hydroxylation is 1. The molecule has 6 heteroatoms. The Morgan fingerprint density at radius 2 is 1.47 bits per heavy atom. The van der Waals surface area contributed by atoms with Gasteiger partial charge >= 0.3 is 0 Å². The van der Waals surface area contributed by atoms with Crippen LogP contribution in [0.15, 0.2) is 90.3 Å². The standard InChI is InChI=1S/C24H24N2O3S/c27-24(25-18-7-12-20-8-3-1-4-9-20)22-13-15-23(16-14-22)26-30(28,29)19-17-21-10-5-2-6-11-21/h1-6,8-11,13-17,19,26H,7,12,18H2,(H,25,27)/b19-17+. The Kier molecular flexibility index (Phi) is 7.40. The number of rotatable bonds is 9. The molecule has 0 aromatic heterocycles. The number of benzene rings is 3. The van der Waals surface area contributed by atoms with E-state index in [2.05, 4.69) is 22.2 Å². The molecule has 1 amide bonds. The van der Waals surface area contributed by atoms with Crippen molar-refractivity contribution in [3.63, 3.8) is 0 Å². The average Bonchev–Trinajstić information content (AvgIpc) is 2.77. The Morgan fingerprint density at radius 1 is 0.833 bits per heavy atom. The zero-order valence-corrected chi connectivity index (χ0v) is 17.3. The molecule has 154 valence electrons. The highest BCUT2D eigenvalue weighted by Gasteiger charge is 2.08. The van der Waals surface area contributed by atoms with Gasteiger partial charge in [0.15, 0.2) is 0 Å². The van der Waals surface area contributed by atoms with Crippen molar-refractivity contribution in [3.05, 3.63) is 107 Å². The predicted octanol–water partition coefficient (Wildman–Crippen LogP) is 4.46. The van der Waals surface area contributed by atoms with Gasteiger partial charge in [-0.15, -0.1) is 0 Å². The van der Waals surface area contributed by atoms with E-state index in [0.29, 0.717) is 17.8 Å². The van der Waals surface area contributed by atoms with Gasteiger partial charge in [0, 0.05) is 17.8 Å². The Balaban J connectivity index is 1.49. The second-order valence-electron chi connectivity index (χ2n) is 6.78. The highest BCUT2D eigenvalue weighted by Crippen LogP contribution is 2.13. The van der Waals surface area contributed by atoms with Crippen LogP contribution in [0.2, 0.25) is 0 Å². The van der Waals surface area contributed by atoms with E-state index in [0.717, 1.165) is 23.8 Å². The first-order chi connectivity index (χ1) is 14.5. The van der Waals surface area contributed by atoms with Crippen LogP contribution in [0.1, 0.15) is 27.9 Å². The third-order valence-corrected chi connectivity index (χ3v) is 5.43. The Labute approximate surface area is 177 Å². The van der Waals surface area contributed by atoms with Crippen molar-refractivity contribution in [3.8, 4) is 0 Å². The fourth-order valence-corrected chi connectivity index (χ4v) is 3.73. The van der Waals surface area contributed by atoms with Crippen LogP contribution in [0.4, 0.5) is 5.69 Å². The van der Waals surface area contributed by atoms with Gasteiger partial charge in [0.05, 0.1) is 5.41 Å². The fraction of sp³-hybridized carbons (Fsp3) is 0.125. The first-order valence-corrected chi connectivity index (χ1v) is 11.2. The number of carbonyl (C=O) groups is 1. The molecule has 0 fully saturated rings. The maximum Gasteiger partial charge on any atom is 0.255 e. The summed E-state index contributed by atoms with van der Waals surface area (Å²) in [4.78, 5) is 12.3. The maximum absolute atomic E-state index is 12.3. The summed E-state index contributed by atoms with van der Waals surface area (Å²) in [5.41, 5.74) is 2.91. The summed E-state index contributed by atoms with van der Waals surface area (Å²) in [7, 11) is -3.64. The lowest BCUT2D eigenvalue weighted by Crippen LogP contribution is -2.24. The SMILES string of the molecule is O=C(NCCCc1ccccc1)c1ccc(NS(=O)(=O)/C=C/c2ccccc2)cc1. The van der Waals surface area contributed by atoms with Crippen molar-refractivity contribution >= 4 is 27.7 Å². The molecule has 0 saturated heterocycles. The summed E-state index contributed by atoms with van der Waals surface area (Å²) in [5.74, 6) is -0.179. The molecule has 0 aliphatic carbocycles. The van der Waals surface area contributed by atoms with Gasteiger partial charge in [0.2, 0.25) is 0 Å². The molecular formula is C24H24N2O3S. The third-order valence-electron chi connectivity index (χ3n) is 4.42. The second kappa shape index (κ2) is 10.4. The molecule has 0 heterocycles. The molecule has 3 aromatic rings. The van der Waals surface area contributed by atoms with Crippen LogP contribution < -0.4 is 10.0 Å². The normalized spacial score (nSPS) is 11.3. The minimum absolute atomic E-state index is 0.179. The molecular weight excluding hydrogens is 396 g/mol. The highest BCUT2D eigenvalue weighted by molar-refractivity contribution is 7.95. The molecule has 0 bridgehead atoms. The quantitative estimate of drug-likeness (QED) is 0.502. The highest BCUT2D eigenvalue weighted by atomic mass is 32.2. The van der Waals surface area contributed by atoms with Gasteiger partial charge in [-0.25, -0.2) is 8.42 Å². The summed E-state index contributed by atoms with van der Waals surface area (Å²) in [6.45, 7) is 0.576. The van der Waals surface area contributed by atoms with Crippen molar-refractivity contribution in [1.82, 2.24) is 5.32 Å². The number of carbonyl (C=O) groups excluding carboxylic acids is 1.